The zero-order valence-corrected chi connectivity index (χ0v) is 10.5. The van der Waals surface area contributed by atoms with E-state index in [0.29, 0.717) is 16.5 Å². The number of halogens is 1. The van der Waals surface area contributed by atoms with Gasteiger partial charge in [-0.2, -0.15) is 0 Å². The van der Waals surface area contributed by atoms with E-state index in [1.165, 1.54) is 12.4 Å². The first-order valence-electron chi connectivity index (χ1n) is 5.33. The first-order valence-corrected chi connectivity index (χ1v) is 6.32. The number of hydrogen-bond donors (Lipinski definition) is 2. The van der Waals surface area contributed by atoms with Crippen molar-refractivity contribution in [2.45, 2.75) is 5.03 Å². The molecule has 19 heavy (non-hydrogen) atoms. The van der Waals surface area contributed by atoms with Crippen LogP contribution in [0.2, 0.25) is 0 Å². The summed E-state index contributed by atoms with van der Waals surface area (Å²) >= 11 is 1.07. The minimum absolute atomic E-state index is 0.0872. The lowest BCUT2D eigenvalue weighted by Gasteiger charge is -2.07. The normalized spacial score (nSPS) is 10.2. The molecule has 0 radical (unpaired) electrons. The summed E-state index contributed by atoms with van der Waals surface area (Å²) in [6.45, 7) is 0. The van der Waals surface area contributed by atoms with E-state index in [1.54, 1.807) is 24.3 Å². The first kappa shape index (κ1) is 13.3. The SMILES string of the molecule is O=C(O)CSc1cc(Nc2ccccc2F)ncn1. The van der Waals surface area contributed by atoms with Gasteiger partial charge in [0, 0.05) is 6.07 Å². The van der Waals surface area contributed by atoms with Gasteiger partial charge in [-0.25, -0.2) is 14.4 Å². The molecule has 1 heterocycles. The van der Waals surface area contributed by atoms with E-state index in [-0.39, 0.29) is 11.6 Å². The highest BCUT2D eigenvalue weighted by Gasteiger charge is 2.05. The Morgan fingerprint density at radius 1 is 1.37 bits per heavy atom. The van der Waals surface area contributed by atoms with Crippen LogP contribution in [0.5, 0.6) is 0 Å². The predicted octanol–water partition coefficient (Wildman–Crippen LogP) is 2.54. The molecule has 0 aliphatic carbocycles. The fourth-order valence-corrected chi connectivity index (χ4v) is 1.91. The molecule has 2 rings (SSSR count). The molecule has 0 unspecified atom stereocenters. The first-order chi connectivity index (χ1) is 9.15. The Morgan fingerprint density at radius 2 is 2.16 bits per heavy atom. The van der Waals surface area contributed by atoms with E-state index < -0.39 is 5.97 Å². The highest BCUT2D eigenvalue weighted by atomic mass is 32.2. The minimum Gasteiger partial charge on any atom is -0.481 e. The molecule has 1 aromatic carbocycles. The third kappa shape index (κ3) is 3.92. The number of anilines is 2. The third-order valence-corrected chi connectivity index (χ3v) is 3.03. The van der Waals surface area contributed by atoms with Gasteiger partial charge in [0.1, 0.15) is 23.0 Å². The van der Waals surface area contributed by atoms with Gasteiger partial charge in [-0.05, 0) is 12.1 Å². The summed E-state index contributed by atoms with van der Waals surface area (Å²) in [4.78, 5) is 18.3. The number of carboxylic acid groups (broad SMARTS) is 1. The Labute approximate surface area is 112 Å². The lowest BCUT2D eigenvalue weighted by Crippen LogP contribution is -2.00. The molecule has 2 aromatic rings. The van der Waals surface area contributed by atoms with Crippen LogP contribution in [-0.4, -0.2) is 26.8 Å². The number of nitrogens with zero attached hydrogens (tertiary/aromatic N) is 2. The number of aromatic nitrogens is 2. The summed E-state index contributed by atoms with van der Waals surface area (Å²) in [6.07, 6.45) is 1.30. The number of carboxylic acids is 1. The van der Waals surface area contributed by atoms with Crippen LogP contribution in [0.15, 0.2) is 41.7 Å². The maximum absolute atomic E-state index is 13.4. The Bertz CT molecular complexity index is 595. The lowest BCUT2D eigenvalue weighted by atomic mass is 10.3. The van der Waals surface area contributed by atoms with Crippen LogP contribution in [0.25, 0.3) is 0 Å². The van der Waals surface area contributed by atoms with Crippen molar-refractivity contribution >= 4 is 29.2 Å². The van der Waals surface area contributed by atoms with Crippen molar-refractivity contribution in [2.24, 2.45) is 0 Å². The number of thioether (sulfide) groups is 1. The molecular formula is C12H10FN3O2S. The topological polar surface area (TPSA) is 75.1 Å². The van der Waals surface area contributed by atoms with Gasteiger partial charge >= 0.3 is 5.97 Å². The van der Waals surface area contributed by atoms with Gasteiger partial charge in [0.05, 0.1) is 11.4 Å². The molecule has 0 aliphatic rings. The molecule has 0 amide bonds. The van der Waals surface area contributed by atoms with Crippen molar-refractivity contribution in [1.82, 2.24) is 9.97 Å². The molecule has 0 bridgehead atoms. The molecule has 98 valence electrons. The average Bonchev–Trinajstić information content (AvgIpc) is 2.40. The van der Waals surface area contributed by atoms with E-state index in [2.05, 4.69) is 15.3 Å². The van der Waals surface area contributed by atoms with Crippen LogP contribution in [0.1, 0.15) is 0 Å². The molecule has 2 N–H and O–H groups in total. The van der Waals surface area contributed by atoms with Crippen LogP contribution >= 0.6 is 11.8 Å². The number of aliphatic carboxylic acids is 1. The second-order valence-corrected chi connectivity index (χ2v) is 4.52. The Kier molecular flexibility index (Phi) is 4.30. The molecular weight excluding hydrogens is 269 g/mol. The van der Waals surface area contributed by atoms with Gasteiger partial charge < -0.3 is 10.4 Å². The summed E-state index contributed by atoms with van der Waals surface area (Å²) in [5, 5.41) is 11.9. The summed E-state index contributed by atoms with van der Waals surface area (Å²) in [7, 11) is 0. The molecule has 0 aliphatic heterocycles. The van der Waals surface area contributed by atoms with Gasteiger partial charge in [-0.15, -0.1) is 0 Å². The van der Waals surface area contributed by atoms with E-state index >= 15 is 0 Å². The van der Waals surface area contributed by atoms with E-state index in [9.17, 15) is 9.18 Å². The molecule has 0 fully saturated rings. The molecule has 7 heteroatoms. The number of rotatable bonds is 5. The largest absolute Gasteiger partial charge is 0.481 e. The Morgan fingerprint density at radius 3 is 2.89 bits per heavy atom. The van der Waals surface area contributed by atoms with Crippen molar-refractivity contribution in [3.05, 3.63) is 42.5 Å². The molecule has 0 spiro atoms. The lowest BCUT2D eigenvalue weighted by molar-refractivity contribution is -0.133. The quantitative estimate of drug-likeness (QED) is 0.647. The third-order valence-electron chi connectivity index (χ3n) is 2.12. The van der Waals surface area contributed by atoms with Gasteiger partial charge in [0.25, 0.3) is 0 Å². The zero-order chi connectivity index (χ0) is 13.7. The summed E-state index contributed by atoms with van der Waals surface area (Å²) in [5.41, 5.74) is 0.301. The van der Waals surface area contributed by atoms with Crippen LogP contribution in [0.4, 0.5) is 15.9 Å². The zero-order valence-electron chi connectivity index (χ0n) is 9.71. The highest BCUT2D eigenvalue weighted by molar-refractivity contribution is 7.99. The number of benzene rings is 1. The molecule has 0 atom stereocenters. The van der Waals surface area contributed by atoms with Crippen molar-refractivity contribution in [1.29, 1.82) is 0 Å². The van der Waals surface area contributed by atoms with Crippen molar-refractivity contribution in [3.63, 3.8) is 0 Å². The predicted molar refractivity (Wildman–Crippen MR) is 70.1 cm³/mol. The number of nitrogens with one attached hydrogen (secondary N) is 1. The van der Waals surface area contributed by atoms with Gasteiger partial charge in [0.15, 0.2) is 0 Å². The summed E-state index contributed by atoms with van der Waals surface area (Å²) in [5.74, 6) is -0.989. The summed E-state index contributed by atoms with van der Waals surface area (Å²) < 4.78 is 13.4. The second kappa shape index (κ2) is 6.14. The van der Waals surface area contributed by atoms with Crippen molar-refractivity contribution < 1.29 is 14.3 Å². The van der Waals surface area contributed by atoms with Crippen LogP contribution < -0.4 is 5.32 Å². The van der Waals surface area contributed by atoms with Gasteiger partial charge in [0.2, 0.25) is 0 Å². The van der Waals surface area contributed by atoms with Crippen LogP contribution in [0, 0.1) is 5.82 Å². The van der Waals surface area contributed by atoms with Gasteiger partial charge in [-0.1, -0.05) is 23.9 Å². The Balaban J connectivity index is 2.11. The van der Waals surface area contributed by atoms with Gasteiger partial charge in [-0.3, -0.25) is 4.79 Å². The number of para-hydroxylation sites is 1. The smallest absolute Gasteiger partial charge is 0.313 e. The average molecular weight is 279 g/mol. The fourth-order valence-electron chi connectivity index (χ4n) is 1.32. The van der Waals surface area contributed by atoms with E-state index in [0.717, 1.165) is 11.8 Å². The van der Waals surface area contributed by atoms with Crippen molar-refractivity contribution in [3.8, 4) is 0 Å². The molecule has 0 saturated heterocycles. The maximum Gasteiger partial charge on any atom is 0.313 e. The maximum atomic E-state index is 13.4. The minimum atomic E-state index is -0.924. The van der Waals surface area contributed by atoms with Crippen LogP contribution in [-0.2, 0) is 4.79 Å². The van der Waals surface area contributed by atoms with Crippen molar-refractivity contribution in [2.75, 3.05) is 11.1 Å². The van der Waals surface area contributed by atoms with E-state index in [1.807, 2.05) is 0 Å². The second-order valence-electron chi connectivity index (χ2n) is 3.53. The monoisotopic (exact) mass is 279 g/mol. The summed E-state index contributed by atoms with van der Waals surface area (Å²) in [6, 6.07) is 7.78. The standard InChI is InChI=1S/C12H10FN3O2S/c13-8-3-1-2-4-9(8)16-10-5-11(15-7-14-10)19-6-12(17)18/h1-5,7H,6H2,(H,17,18)(H,14,15,16). The van der Waals surface area contributed by atoms with Crippen LogP contribution in [0.3, 0.4) is 0 Å². The molecule has 0 saturated carbocycles. The highest BCUT2D eigenvalue weighted by Crippen LogP contribution is 2.21. The number of carbonyl (C=O) groups is 1. The number of hydrogen-bond acceptors (Lipinski definition) is 5. The van der Waals surface area contributed by atoms with E-state index in [4.69, 9.17) is 5.11 Å². The Hall–Kier alpha value is -2.15. The molecule has 1 aromatic heterocycles. The fraction of sp³-hybridized carbons (Fsp3) is 0.0833. The molecule has 5 nitrogen and oxygen atoms in total.